The first-order chi connectivity index (χ1) is 12.1. The molecule has 4 nitrogen and oxygen atoms in total. The number of piperidine rings is 1. The lowest BCUT2D eigenvalue weighted by Gasteiger charge is -2.43. The van der Waals surface area contributed by atoms with E-state index in [0.717, 1.165) is 31.5 Å². The molecule has 0 bridgehead atoms. The molecule has 2 aromatic rings. The van der Waals surface area contributed by atoms with Gasteiger partial charge in [0.05, 0.1) is 0 Å². The molecule has 1 atom stereocenters. The van der Waals surface area contributed by atoms with Gasteiger partial charge in [-0.25, -0.2) is 4.39 Å². The summed E-state index contributed by atoms with van der Waals surface area (Å²) in [5.41, 5.74) is 13.7. The Hall–Kier alpha value is -2.24. The zero-order chi connectivity index (χ0) is 17.9. The van der Waals surface area contributed by atoms with Gasteiger partial charge in [-0.2, -0.15) is 0 Å². The van der Waals surface area contributed by atoms with Gasteiger partial charge in [0.15, 0.2) is 0 Å². The molecule has 1 heterocycles. The Bertz CT molecular complexity index is 709. The highest BCUT2D eigenvalue weighted by molar-refractivity contribution is 5.81. The maximum absolute atomic E-state index is 13.2. The van der Waals surface area contributed by atoms with E-state index >= 15 is 0 Å². The number of hydrogen-bond acceptors (Lipinski definition) is 3. The van der Waals surface area contributed by atoms with E-state index in [2.05, 4.69) is 17.0 Å². The summed E-state index contributed by atoms with van der Waals surface area (Å²) in [5.74, 6) is -0.733. The van der Waals surface area contributed by atoms with Crippen molar-refractivity contribution < 1.29 is 9.18 Å². The van der Waals surface area contributed by atoms with Crippen LogP contribution in [-0.2, 0) is 10.2 Å². The molecule has 1 fully saturated rings. The van der Waals surface area contributed by atoms with E-state index in [1.807, 2.05) is 18.2 Å². The maximum Gasteiger partial charge on any atom is 0.239 e. The monoisotopic (exact) mass is 341 g/mol. The van der Waals surface area contributed by atoms with Gasteiger partial charge >= 0.3 is 0 Å². The number of hydrogen-bond donors (Lipinski definition) is 2. The summed E-state index contributed by atoms with van der Waals surface area (Å²) in [6, 6.07) is 15.8. The highest BCUT2D eigenvalue weighted by atomic mass is 19.1. The number of halogens is 1. The lowest BCUT2D eigenvalue weighted by molar-refractivity contribution is -0.124. The molecular formula is C20H24FN3O. The van der Waals surface area contributed by atoms with Crippen LogP contribution in [0.1, 0.15) is 30.0 Å². The van der Waals surface area contributed by atoms with Crippen molar-refractivity contribution in [1.82, 2.24) is 4.90 Å². The standard InChI is InChI=1S/C20H24FN3O/c21-17-8-6-15(7-9-17)18(19(23)25)24-12-10-20(14-22,11-13-24)16-4-2-1-3-5-16/h1-9,18H,10-14,22H2,(H2,23,25). The Balaban J connectivity index is 1.79. The van der Waals surface area contributed by atoms with Gasteiger partial charge in [-0.3, -0.25) is 9.69 Å². The predicted octanol–water partition coefficient (Wildman–Crippen LogP) is 2.34. The van der Waals surface area contributed by atoms with Gasteiger partial charge in [-0.05, 0) is 36.1 Å². The van der Waals surface area contributed by atoms with Crippen molar-refractivity contribution in [3.05, 3.63) is 71.5 Å². The number of amides is 1. The zero-order valence-corrected chi connectivity index (χ0v) is 14.2. The fourth-order valence-electron chi connectivity index (χ4n) is 3.81. The second-order valence-electron chi connectivity index (χ2n) is 6.74. The molecule has 0 spiro atoms. The zero-order valence-electron chi connectivity index (χ0n) is 14.2. The minimum absolute atomic E-state index is 0.0667. The minimum Gasteiger partial charge on any atom is -0.368 e. The van der Waals surface area contributed by atoms with Crippen molar-refractivity contribution in [3.8, 4) is 0 Å². The number of carbonyl (C=O) groups is 1. The van der Waals surface area contributed by atoms with Crippen LogP contribution in [0.3, 0.4) is 0 Å². The van der Waals surface area contributed by atoms with Crippen molar-refractivity contribution in [2.75, 3.05) is 19.6 Å². The molecule has 1 amide bonds. The summed E-state index contributed by atoms with van der Waals surface area (Å²) in [6.45, 7) is 2.01. The van der Waals surface area contributed by atoms with Gasteiger partial charge in [-0.15, -0.1) is 0 Å². The van der Waals surface area contributed by atoms with Crippen LogP contribution in [0, 0.1) is 5.82 Å². The fraction of sp³-hybridized carbons (Fsp3) is 0.350. The van der Waals surface area contributed by atoms with E-state index in [-0.39, 0.29) is 11.2 Å². The highest BCUT2D eigenvalue weighted by Gasteiger charge is 2.38. The van der Waals surface area contributed by atoms with Gasteiger partial charge < -0.3 is 11.5 Å². The molecular weight excluding hydrogens is 317 g/mol. The van der Waals surface area contributed by atoms with Crippen LogP contribution >= 0.6 is 0 Å². The molecule has 132 valence electrons. The largest absolute Gasteiger partial charge is 0.368 e. The number of likely N-dealkylation sites (tertiary alicyclic amines) is 1. The van der Waals surface area contributed by atoms with Crippen molar-refractivity contribution in [2.24, 2.45) is 11.5 Å². The number of benzene rings is 2. The number of carbonyl (C=O) groups excluding carboxylic acids is 1. The van der Waals surface area contributed by atoms with Gasteiger partial charge in [0.2, 0.25) is 5.91 Å². The molecule has 1 unspecified atom stereocenters. The topological polar surface area (TPSA) is 72.3 Å². The second kappa shape index (κ2) is 7.33. The van der Waals surface area contributed by atoms with E-state index in [1.54, 1.807) is 12.1 Å². The average molecular weight is 341 g/mol. The lowest BCUT2D eigenvalue weighted by Crippen LogP contribution is -2.49. The molecule has 1 aliphatic rings. The molecule has 1 aliphatic heterocycles. The maximum atomic E-state index is 13.2. The van der Waals surface area contributed by atoms with E-state index in [1.165, 1.54) is 17.7 Å². The first kappa shape index (κ1) is 17.6. The van der Waals surface area contributed by atoms with Crippen LogP contribution in [0.4, 0.5) is 4.39 Å². The van der Waals surface area contributed by atoms with Crippen LogP contribution < -0.4 is 11.5 Å². The lowest BCUT2D eigenvalue weighted by atomic mass is 9.72. The third kappa shape index (κ3) is 3.57. The third-order valence-electron chi connectivity index (χ3n) is 5.35. The predicted molar refractivity (Wildman–Crippen MR) is 96.3 cm³/mol. The second-order valence-corrected chi connectivity index (χ2v) is 6.74. The van der Waals surface area contributed by atoms with Gasteiger partial charge in [0.1, 0.15) is 11.9 Å². The Morgan fingerprint density at radius 3 is 2.20 bits per heavy atom. The van der Waals surface area contributed by atoms with Crippen molar-refractivity contribution in [2.45, 2.75) is 24.3 Å². The van der Waals surface area contributed by atoms with E-state index in [0.29, 0.717) is 6.54 Å². The van der Waals surface area contributed by atoms with Crippen LogP contribution in [-0.4, -0.2) is 30.4 Å². The van der Waals surface area contributed by atoms with Crippen LogP contribution in [0.15, 0.2) is 54.6 Å². The van der Waals surface area contributed by atoms with E-state index in [9.17, 15) is 9.18 Å². The van der Waals surface area contributed by atoms with E-state index in [4.69, 9.17) is 11.5 Å². The molecule has 0 radical (unpaired) electrons. The van der Waals surface area contributed by atoms with Crippen LogP contribution in [0.5, 0.6) is 0 Å². The Labute approximate surface area is 147 Å². The summed E-state index contributed by atoms with van der Waals surface area (Å²) >= 11 is 0. The number of primary amides is 1. The molecule has 0 aliphatic carbocycles. The van der Waals surface area contributed by atoms with Crippen LogP contribution in [0.2, 0.25) is 0 Å². The Morgan fingerprint density at radius 2 is 1.68 bits per heavy atom. The summed E-state index contributed by atoms with van der Waals surface area (Å²) < 4.78 is 13.2. The van der Waals surface area contributed by atoms with Crippen molar-refractivity contribution in [3.63, 3.8) is 0 Å². The molecule has 3 rings (SSSR count). The molecule has 1 saturated heterocycles. The normalized spacial score (nSPS) is 18.6. The molecule has 2 aromatic carbocycles. The number of nitrogens with zero attached hydrogens (tertiary/aromatic N) is 1. The first-order valence-corrected chi connectivity index (χ1v) is 8.60. The molecule has 0 aromatic heterocycles. The Kier molecular flexibility index (Phi) is 5.16. The first-order valence-electron chi connectivity index (χ1n) is 8.60. The van der Waals surface area contributed by atoms with Gasteiger partial charge in [-0.1, -0.05) is 42.5 Å². The van der Waals surface area contributed by atoms with E-state index < -0.39 is 11.9 Å². The number of rotatable bonds is 5. The summed E-state index contributed by atoms with van der Waals surface area (Å²) in [5, 5.41) is 0. The third-order valence-corrected chi connectivity index (χ3v) is 5.35. The van der Waals surface area contributed by atoms with Crippen LogP contribution in [0.25, 0.3) is 0 Å². The SMILES string of the molecule is NCC1(c2ccccc2)CCN(C(C(N)=O)c2ccc(F)cc2)CC1. The molecule has 5 heteroatoms. The van der Waals surface area contributed by atoms with Gasteiger partial charge in [0.25, 0.3) is 0 Å². The fourth-order valence-corrected chi connectivity index (χ4v) is 3.81. The van der Waals surface area contributed by atoms with Gasteiger partial charge in [0, 0.05) is 25.0 Å². The molecule has 25 heavy (non-hydrogen) atoms. The average Bonchev–Trinajstić information content (AvgIpc) is 2.65. The van der Waals surface area contributed by atoms with Crippen molar-refractivity contribution in [1.29, 1.82) is 0 Å². The quantitative estimate of drug-likeness (QED) is 0.877. The Morgan fingerprint density at radius 1 is 1.08 bits per heavy atom. The number of nitrogens with two attached hydrogens (primary N) is 2. The summed E-state index contributed by atoms with van der Waals surface area (Å²) in [4.78, 5) is 14.1. The molecule has 4 N–H and O–H groups in total. The highest BCUT2D eigenvalue weighted by Crippen LogP contribution is 2.37. The molecule has 0 saturated carbocycles. The minimum atomic E-state index is -0.535. The van der Waals surface area contributed by atoms with Crippen molar-refractivity contribution >= 4 is 5.91 Å². The summed E-state index contributed by atoms with van der Waals surface area (Å²) in [7, 11) is 0. The summed E-state index contributed by atoms with van der Waals surface area (Å²) in [6.07, 6.45) is 1.72. The smallest absolute Gasteiger partial charge is 0.239 e.